The molecule has 1 aromatic carbocycles. The van der Waals surface area contributed by atoms with Crippen molar-refractivity contribution in [3.8, 4) is 5.40 Å². The predicted octanol–water partition coefficient (Wildman–Crippen LogP) is 2.96. The Morgan fingerprint density at radius 3 is 1.50 bits per heavy atom. The van der Waals surface area contributed by atoms with E-state index >= 15 is 0 Å². The van der Waals surface area contributed by atoms with Crippen LogP contribution in [0.25, 0.3) is 0 Å². The molecule has 1 rings (SSSR count). The van der Waals surface area contributed by atoms with Gasteiger partial charge in [-0.2, -0.15) is 5.26 Å². The fourth-order valence-corrected chi connectivity index (χ4v) is 1.17. The lowest BCUT2D eigenvalue weighted by Gasteiger charge is -2.03. The van der Waals surface area contributed by atoms with Gasteiger partial charge in [0, 0.05) is 0 Å². The number of nitriles is 1. The second-order valence-corrected chi connectivity index (χ2v) is 2.89. The molecule has 0 fully saturated rings. The van der Waals surface area contributed by atoms with Gasteiger partial charge in [0.15, 0.2) is 23.3 Å². The van der Waals surface area contributed by atoms with Gasteiger partial charge in [-0.1, -0.05) is 0 Å². The number of thiocyanates is 1. The summed E-state index contributed by atoms with van der Waals surface area (Å²) in [6.07, 6.45) is 0. The van der Waals surface area contributed by atoms with Crippen molar-refractivity contribution >= 4 is 11.8 Å². The van der Waals surface area contributed by atoms with E-state index in [0.717, 1.165) is 0 Å². The van der Waals surface area contributed by atoms with Crippen LogP contribution in [0.4, 0.5) is 22.0 Å². The molecule has 0 aliphatic heterocycles. The van der Waals surface area contributed by atoms with Crippen LogP contribution in [0.3, 0.4) is 0 Å². The number of rotatable bonds is 1. The SMILES string of the molecule is N#CSc1c(F)c(F)c(F)c(F)c1F. The highest BCUT2D eigenvalue weighted by Crippen LogP contribution is 2.29. The zero-order valence-electron chi connectivity index (χ0n) is 6.25. The molecular formula is C7F5NS. The molecule has 74 valence electrons. The smallest absolute Gasteiger partial charge is 0.200 e. The summed E-state index contributed by atoms with van der Waals surface area (Å²) in [7, 11) is 0. The zero-order chi connectivity index (χ0) is 10.9. The fourth-order valence-electron chi connectivity index (χ4n) is 0.720. The maximum atomic E-state index is 12.7. The van der Waals surface area contributed by atoms with Crippen LogP contribution in [-0.4, -0.2) is 0 Å². The van der Waals surface area contributed by atoms with Crippen LogP contribution in [-0.2, 0) is 0 Å². The number of hydrogen-bond donors (Lipinski definition) is 0. The Kier molecular flexibility index (Phi) is 2.96. The molecule has 0 aliphatic carbocycles. The van der Waals surface area contributed by atoms with Crippen LogP contribution < -0.4 is 0 Å². The molecule has 0 amide bonds. The highest BCUT2D eigenvalue weighted by Gasteiger charge is 2.25. The lowest BCUT2D eigenvalue weighted by molar-refractivity contribution is 0.361. The lowest BCUT2D eigenvalue weighted by Crippen LogP contribution is -2.02. The maximum Gasteiger partial charge on any atom is 0.200 e. The van der Waals surface area contributed by atoms with Gasteiger partial charge in [0.05, 0.1) is 0 Å². The van der Waals surface area contributed by atoms with Gasteiger partial charge in [-0.3, -0.25) is 0 Å². The molecule has 0 aliphatic rings. The lowest BCUT2D eigenvalue weighted by atomic mass is 10.3. The second-order valence-electron chi connectivity index (χ2n) is 2.09. The predicted molar refractivity (Wildman–Crippen MR) is 37.7 cm³/mol. The first-order chi connectivity index (χ1) is 6.50. The Morgan fingerprint density at radius 2 is 1.14 bits per heavy atom. The Balaban J connectivity index is 3.53. The van der Waals surface area contributed by atoms with Crippen LogP contribution in [0.15, 0.2) is 4.90 Å². The zero-order valence-corrected chi connectivity index (χ0v) is 7.06. The molecule has 0 unspecified atom stereocenters. The first kappa shape index (κ1) is 10.8. The van der Waals surface area contributed by atoms with Crippen molar-refractivity contribution < 1.29 is 22.0 Å². The van der Waals surface area contributed by atoms with Gasteiger partial charge in [-0.25, -0.2) is 22.0 Å². The third-order valence-corrected chi connectivity index (χ3v) is 1.97. The highest BCUT2D eigenvalue weighted by atomic mass is 32.2. The molecule has 7 heteroatoms. The largest absolute Gasteiger partial charge is 0.202 e. The minimum absolute atomic E-state index is 0.126. The third-order valence-electron chi connectivity index (χ3n) is 1.32. The number of nitrogens with zero attached hydrogens (tertiary/aromatic N) is 1. The Morgan fingerprint density at radius 1 is 0.786 bits per heavy atom. The van der Waals surface area contributed by atoms with E-state index in [1.807, 2.05) is 0 Å². The number of hydrogen-bond acceptors (Lipinski definition) is 2. The molecule has 0 saturated heterocycles. The number of benzene rings is 1. The Labute approximate surface area is 79.1 Å². The Bertz CT molecular complexity index is 396. The minimum atomic E-state index is -2.23. The summed E-state index contributed by atoms with van der Waals surface area (Å²) < 4.78 is 62.7. The fraction of sp³-hybridized carbons (Fsp3) is 0. The molecular weight excluding hydrogens is 225 g/mol. The van der Waals surface area contributed by atoms with Crippen molar-refractivity contribution in [2.24, 2.45) is 0 Å². The number of halogens is 5. The van der Waals surface area contributed by atoms with E-state index in [1.165, 1.54) is 5.40 Å². The second kappa shape index (κ2) is 3.84. The number of thioether (sulfide) groups is 1. The molecule has 0 N–H and O–H groups in total. The molecule has 0 bridgehead atoms. The van der Waals surface area contributed by atoms with Crippen LogP contribution in [0.1, 0.15) is 0 Å². The highest BCUT2D eigenvalue weighted by molar-refractivity contribution is 8.03. The van der Waals surface area contributed by atoms with E-state index in [2.05, 4.69) is 0 Å². The van der Waals surface area contributed by atoms with Crippen molar-refractivity contribution in [3.63, 3.8) is 0 Å². The van der Waals surface area contributed by atoms with Gasteiger partial charge in [0.25, 0.3) is 0 Å². The summed E-state index contributed by atoms with van der Waals surface area (Å²) in [5.74, 6) is -10.3. The van der Waals surface area contributed by atoms with Crippen molar-refractivity contribution in [1.29, 1.82) is 5.26 Å². The molecule has 0 atom stereocenters. The quantitative estimate of drug-likeness (QED) is 0.241. The van der Waals surface area contributed by atoms with E-state index in [0.29, 0.717) is 0 Å². The van der Waals surface area contributed by atoms with Gasteiger partial charge in [0.2, 0.25) is 5.82 Å². The first-order valence-corrected chi connectivity index (χ1v) is 3.89. The van der Waals surface area contributed by atoms with Gasteiger partial charge < -0.3 is 0 Å². The van der Waals surface area contributed by atoms with Gasteiger partial charge in [-0.15, -0.1) is 0 Å². The van der Waals surface area contributed by atoms with E-state index in [9.17, 15) is 22.0 Å². The average Bonchev–Trinajstić information content (AvgIpc) is 2.19. The van der Waals surface area contributed by atoms with Gasteiger partial charge in [0.1, 0.15) is 10.3 Å². The molecule has 0 aromatic heterocycles. The molecule has 14 heavy (non-hydrogen) atoms. The summed E-state index contributed by atoms with van der Waals surface area (Å²) >= 11 is -0.126. The minimum Gasteiger partial charge on any atom is -0.202 e. The topological polar surface area (TPSA) is 23.8 Å². The monoisotopic (exact) mass is 225 g/mol. The van der Waals surface area contributed by atoms with Crippen LogP contribution in [0, 0.1) is 39.7 Å². The Hall–Kier alpha value is -1.29. The molecule has 1 aromatic rings. The van der Waals surface area contributed by atoms with E-state index in [-0.39, 0.29) is 11.8 Å². The maximum absolute atomic E-state index is 12.7. The standard InChI is InChI=1S/C7F5NS/c8-2-3(9)5(11)7(14-1-13)6(12)4(2)10. The van der Waals surface area contributed by atoms with Crippen molar-refractivity contribution in [3.05, 3.63) is 29.1 Å². The normalized spacial score (nSPS) is 10.0. The van der Waals surface area contributed by atoms with Crippen LogP contribution in [0.2, 0.25) is 0 Å². The van der Waals surface area contributed by atoms with Gasteiger partial charge >= 0.3 is 0 Å². The van der Waals surface area contributed by atoms with E-state index in [4.69, 9.17) is 5.26 Å². The van der Waals surface area contributed by atoms with Gasteiger partial charge in [-0.05, 0) is 11.8 Å². The van der Waals surface area contributed by atoms with E-state index < -0.39 is 34.0 Å². The van der Waals surface area contributed by atoms with E-state index in [1.54, 1.807) is 0 Å². The molecule has 0 spiro atoms. The summed E-state index contributed by atoms with van der Waals surface area (Å²) in [4.78, 5) is -1.19. The molecule has 1 nitrogen and oxygen atoms in total. The summed E-state index contributed by atoms with van der Waals surface area (Å²) in [5, 5.41) is 9.28. The van der Waals surface area contributed by atoms with Crippen molar-refractivity contribution in [2.75, 3.05) is 0 Å². The summed E-state index contributed by atoms with van der Waals surface area (Å²) in [6, 6.07) is 0. The summed E-state index contributed by atoms with van der Waals surface area (Å²) in [6.45, 7) is 0. The van der Waals surface area contributed by atoms with Crippen LogP contribution >= 0.6 is 11.8 Å². The van der Waals surface area contributed by atoms with Crippen molar-refractivity contribution in [1.82, 2.24) is 0 Å². The molecule has 0 radical (unpaired) electrons. The third kappa shape index (κ3) is 1.53. The average molecular weight is 225 g/mol. The first-order valence-electron chi connectivity index (χ1n) is 3.08. The molecule has 0 saturated carbocycles. The summed E-state index contributed by atoms with van der Waals surface area (Å²) in [5.41, 5.74) is 0. The van der Waals surface area contributed by atoms with Crippen molar-refractivity contribution in [2.45, 2.75) is 4.90 Å². The molecule has 0 heterocycles. The van der Waals surface area contributed by atoms with Crippen LogP contribution in [0.5, 0.6) is 0 Å².